The monoisotopic (exact) mass is 347 g/mol. The van der Waals surface area contributed by atoms with E-state index in [1.54, 1.807) is 18.2 Å². The molecule has 0 aliphatic rings. The van der Waals surface area contributed by atoms with Crippen molar-refractivity contribution < 1.29 is 9.90 Å². The van der Waals surface area contributed by atoms with Gasteiger partial charge in [0.05, 0.1) is 6.10 Å². The molecule has 1 aromatic carbocycles. The highest BCUT2D eigenvalue weighted by atomic mass is 79.9. The van der Waals surface area contributed by atoms with Crippen LogP contribution in [0.5, 0.6) is 0 Å². The van der Waals surface area contributed by atoms with Crippen LogP contribution in [0, 0.1) is 5.41 Å². The van der Waals surface area contributed by atoms with Gasteiger partial charge in [0.1, 0.15) is 0 Å². The molecule has 0 heterocycles. The molecule has 0 aliphatic heterocycles. The van der Waals surface area contributed by atoms with Crippen molar-refractivity contribution in [2.45, 2.75) is 33.3 Å². The van der Waals surface area contributed by atoms with Gasteiger partial charge in [0.25, 0.3) is 5.91 Å². The first-order valence-corrected chi connectivity index (χ1v) is 7.27. The van der Waals surface area contributed by atoms with Crippen LogP contribution < -0.4 is 5.32 Å². The molecule has 106 valence electrons. The third kappa shape index (κ3) is 6.41. The lowest BCUT2D eigenvalue weighted by atomic mass is 9.89. The van der Waals surface area contributed by atoms with E-state index in [0.717, 1.165) is 4.47 Å². The largest absolute Gasteiger partial charge is 0.391 e. The van der Waals surface area contributed by atoms with Crippen LogP contribution in [0.15, 0.2) is 22.7 Å². The Morgan fingerprint density at radius 2 is 2.05 bits per heavy atom. The van der Waals surface area contributed by atoms with Crippen molar-refractivity contribution in [1.82, 2.24) is 5.32 Å². The highest BCUT2D eigenvalue weighted by Crippen LogP contribution is 2.21. The summed E-state index contributed by atoms with van der Waals surface area (Å²) in [6.07, 6.45) is 0.0820. The van der Waals surface area contributed by atoms with Gasteiger partial charge in [0, 0.05) is 21.6 Å². The molecule has 1 atom stereocenters. The van der Waals surface area contributed by atoms with Gasteiger partial charge in [-0.25, -0.2) is 0 Å². The van der Waals surface area contributed by atoms with Crippen LogP contribution in [0.3, 0.4) is 0 Å². The average Bonchev–Trinajstić information content (AvgIpc) is 2.22. The second-order valence-electron chi connectivity index (χ2n) is 5.79. The first kappa shape index (κ1) is 16.5. The minimum atomic E-state index is -0.549. The maximum atomic E-state index is 11.9. The molecule has 1 aromatic rings. The Morgan fingerprint density at radius 3 is 2.58 bits per heavy atom. The van der Waals surface area contributed by atoms with Crippen LogP contribution in [0.2, 0.25) is 5.02 Å². The molecule has 5 heteroatoms. The number of rotatable bonds is 4. The molecule has 1 unspecified atom stereocenters. The van der Waals surface area contributed by atoms with Gasteiger partial charge in [-0.2, -0.15) is 0 Å². The third-order valence-corrected chi connectivity index (χ3v) is 3.15. The number of aliphatic hydroxyl groups is 1. The van der Waals surface area contributed by atoms with E-state index >= 15 is 0 Å². The van der Waals surface area contributed by atoms with Crippen molar-refractivity contribution in [1.29, 1.82) is 0 Å². The van der Waals surface area contributed by atoms with E-state index in [-0.39, 0.29) is 17.9 Å². The summed E-state index contributed by atoms with van der Waals surface area (Å²) in [6.45, 7) is 6.38. The van der Waals surface area contributed by atoms with Gasteiger partial charge in [-0.1, -0.05) is 48.3 Å². The predicted molar refractivity (Wildman–Crippen MR) is 81.6 cm³/mol. The van der Waals surface area contributed by atoms with Crippen LogP contribution >= 0.6 is 27.5 Å². The Bertz CT molecular complexity index is 437. The standard InChI is InChI=1S/C14H19BrClNO2/c1-14(2,3)7-12(18)8-17-13(19)9-4-10(15)6-11(16)5-9/h4-6,12,18H,7-8H2,1-3H3,(H,17,19). The number of carbonyl (C=O) groups is 1. The topological polar surface area (TPSA) is 49.3 Å². The van der Waals surface area contributed by atoms with Crippen molar-refractivity contribution in [2.24, 2.45) is 5.41 Å². The molecule has 0 saturated carbocycles. The van der Waals surface area contributed by atoms with Crippen LogP contribution in [0.4, 0.5) is 0 Å². The fraction of sp³-hybridized carbons (Fsp3) is 0.500. The lowest BCUT2D eigenvalue weighted by Gasteiger charge is -2.22. The fourth-order valence-corrected chi connectivity index (χ4v) is 2.64. The minimum absolute atomic E-state index is 0.0310. The van der Waals surface area contributed by atoms with Gasteiger partial charge < -0.3 is 10.4 Å². The molecule has 0 fully saturated rings. The molecule has 0 aromatic heterocycles. The zero-order valence-electron chi connectivity index (χ0n) is 11.3. The molecule has 0 bridgehead atoms. The van der Waals surface area contributed by atoms with Crippen LogP contribution in [0.25, 0.3) is 0 Å². The molecular weight excluding hydrogens is 330 g/mol. The van der Waals surface area contributed by atoms with Crippen molar-refractivity contribution in [2.75, 3.05) is 6.54 Å². The molecule has 0 saturated heterocycles. The molecule has 0 spiro atoms. The molecule has 1 amide bonds. The van der Waals surface area contributed by atoms with Crippen molar-refractivity contribution in [3.05, 3.63) is 33.3 Å². The number of aliphatic hydroxyl groups excluding tert-OH is 1. The normalized spacial score (nSPS) is 13.2. The average molecular weight is 349 g/mol. The Labute approximate surface area is 127 Å². The molecule has 1 rings (SSSR count). The Hall–Kier alpha value is -0.580. The van der Waals surface area contributed by atoms with Gasteiger partial charge in [0.15, 0.2) is 0 Å². The van der Waals surface area contributed by atoms with Gasteiger partial charge >= 0.3 is 0 Å². The summed E-state index contributed by atoms with van der Waals surface area (Å²) in [6, 6.07) is 5.00. The molecule has 2 N–H and O–H groups in total. The maximum absolute atomic E-state index is 11.9. The summed E-state index contributed by atoms with van der Waals surface area (Å²) in [4.78, 5) is 11.9. The number of carbonyl (C=O) groups excluding carboxylic acids is 1. The summed E-state index contributed by atoms with van der Waals surface area (Å²) >= 11 is 9.17. The Morgan fingerprint density at radius 1 is 1.42 bits per heavy atom. The second-order valence-corrected chi connectivity index (χ2v) is 7.14. The van der Waals surface area contributed by atoms with Crippen LogP contribution in [-0.4, -0.2) is 23.7 Å². The van der Waals surface area contributed by atoms with Crippen LogP contribution in [0.1, 0.15) is 37.6 Å². The number of hydrogen-bond donors (Lipinski definition) is 2. The van der Waals surface area contributed by atoms with Gasteiger partial charge in [-0.15, -0.1) is 0 Å². The van der Waals surface area contributed by atoms with Crippen LogP contribution in [-0.2, 0) is 0 Å². The van der Waals surface area contributed by atoms with Crippen molar-refractivity contribution in [3.63, 3.8) is 0 Å². The summed E-state index contributed by atoms with van der Waals surface area (Å²) in [5.74, 6) is -0.240. The zero-order chi connectivity index (χ0) is 14.6. The van der Waals surface area contributed by atoms with Gasteiger partial charge in [-0.3, -0.25) is 4.79 Å². The minimum Gasteiger partial charge on any atom is -0.391 e. The van der Waals surface area contributed by atoms with Crippen molar-refractivity contribution >= 4 is 33.4 Å². The number of hydrogen-bond acceptors (Lipinski definition) is 2. The Balaban J connectivity index is 2.56. The van der Waals surface area contributed by atoms with E-state index in [1.165, 1.54) is 0 Å². The van der Waals surface area contributed by atoms with E-state index < -0.39 is 6.10 Å². The lowest BCUT2D eigenvalue weighted by molar-refractivity contribution is 0.0868. The number of halogens is 2. The number of amides is 1. The van der Waals surface area contributed by atoms with E-state index in [9.17, 15) is 9.90 Å². The van der Waals surface area contributed by atoms with E-state index in [0.29, 0.717) is 17.0 Å². The van der Waals surface area contributed by atoms with E-state index in [4.69, 9.17) is 11.6 Å². The lowest BCUT2D eigenvalue weighted by Crippen LogP contribution is -2.34. The summed E-state index contributed by atoms with van der Waals surface area (Å²) in [5.41, 5.74) is 0.505. The number of nitrogens with one attached hydrogen (secondary N) is 1. The molecule has 0 aliphatic carbocycles. The smallest absolute Gasteiger partial charge is 0.251 e. The highest BCUT2D eigenvalue weighted by Gasteiger charge is 2.17. The van der Waals surface area contributed by atoms with Gasteiger partial charge in [0.2, 0.25) is 0 Å². The molecular formula is C14H19BrClNO2. The molecule has 3 nitrogen and oxygen atoms in total. The first-order valence-electron chi connectivity index (χ1n) is 6.10. The van der Waals surface area contributed by atoms with E-state index in [2.05, 4.69) is 21.2 Å². The highest BCUT2D eigenvalue weighted by molar-refractivity contribution is 9.10. The maximum Gasteiger partial charge on any atom is 0.251 e. The SMILES string of the molecule is CC(C)(C)CC(O)CNC(=O)c1cc(Cl)cc(Br)c1. The Kier molecular flexibility index (Phi) is 5.83. The predicted octanol–water partition coefficient (Wildman–Crippen LogP) is 3.63. The summed E-state index contributed by atoms with van der Waals surface area (Å²) < 4.78 is 0.750. The summed E-state index contributed by atoms with van der Waals surface area (Å²) in [7, 11) is 0. The second kappa shape index (κ2) is 6.73. The zero-order valence-corrected chi connectivity index (χ0v) is 13.7. The first-order chi connectivity index (χ1) is 8.67. The third-order valence-electron chi connectivity index (χ3n) is 2.47. The van der Waals surface area contributed by atoms with Crippen molar-refractivity contribution in [3.8, 4) is 0 Å². The molecule has 0 radical (unpaired) electrons. The quantitative estimate of drug-likeness (QED) is 0.873. The fourth-order valence-electron chi connectivity index (χ4n) is 1.78. The molecule has 19 heavy (non-hydrogen) atoms. The van der Waals surface area contributed by atoms with Gasteiger partial charge in [-0.05, 0) is 30.0 Å². The van der Waals surface area contributed by atoms with E-state index in [1.807, 2.05) is 20.8 Å². The summed E-state index contributed by atoms with van der Waals surface area (Å²) in [5, 5.41) is 13.0. The number of benzene rings is 1.